The lowest BCUT2D eigenvalue weighted by atomic mass is 9.82. The van der Waals surface area contributed by atoms with Gasteiger partial charge in [-0.05, 0) is 82.7 Å². The van der Waals surface area contributed by atoms with Crippen molar-refractivity contribution < 1.29 is 10.2 Å². The average Bonchev–Trinajstić information content (AvgIpc) is 2.70. The second-order valence-corrected chi connectivity index (χ2v) is 11.9. The summed E-state index contributed by atoms with van der Waals surface area (Å²) in [5, 5.41) is 21.5. The van der Waals surface area contributed by atoms with E-state index in [2.05, 4.69) is 79.7 Å². The third kappa shape index (κ3) is 7.52. The molecule has 0 saturated heterocycles. The van der Waals surface area contributed by atoms with Crippen molar-refractivity contribution in [1.82, 2.24) is 0 Å². The molecule has 2 rings (SSSR count). The van der Waals surface area contributed by atoms with Gasteiger partial charge in [0.15, 0.2) is 0 Å². The van der Waals surface area contributed by atoms with Gasteiger partial charge in [-0.1, -0.05) is 98.9 Å². The number of phenols is 2. The molecule has 0 aliphatic rings. The van der Waals surface area contributed by atoms with Gasteiger partial charge in [-0.15, -0.1) is 0 Å². The van der Waals surface area contributed by atoms with E-state index in [4.69, 9.17) is 0 Å². The summed E-state index contributed by atoms with van der Waals surface area (Å²) < 4.78 is 0. The standard InChI is InChI=1S/C31H48O2/c1-9-14-24-18-22(20-26(28(24)32)30(3,4)5)16-12-11-13-17-23-19-25(15-10-2)29(33)27(21-23)31(6,7)8/h18-21,32-33H,9-17H2,1-8H3. The molecule has 2 aromatic carbocycles. The molecule has 0 aliphatic carbocycles. The molecular weight excluding hydrogens is 404 g/mol. The third-order valence-electron chi connectivity index (χ3n) is 6.58. The third-order valence-corrected chi connectivity index (χ3v) is 6.58. The summed E-state index contributed by atoms with van der Waals surface area (Å²) >= 11 is 0. The van der Waals surface area contributed by atoms with Crippen molar-refractivity contribution in [3.05, 3.63) is 57.6 Å². The van der Waals surface area contributed by atoms with Gasteiger partial charge in [0.1, 0.15) is 11.5 Å². The SMILES string of the molecule is CCCc1cc(CCCCCc2cc(CCC)c(O)c(C(C)(C)C)c2)cc(C(C)(C)C)c1O. The zero-order valence-corrected chi connectivity index (χ0v) is 22.6. The summed E-state index contributed by atoms with van der Waals surface area (Å²) in [7, 11) is 0. The van der Waals surface area contributed by atoms with Crippen molar-refractivity contribution >= 4 is 0 Å². The molecule has 2 nitrogen and oxygen atoms in total. The van der Waals surface area contributed by atoms with Crippen molar-refractivity contribution in [3.63, 3.8) is 0 Å². The maximum atomic E-state index is 10.8. The van der Waals surface area contributed by atoms with Gasteiger partial charge in [0, 0.05) is 0 Å². The molecule has 0 radical (unpaired) electrons. The van der Waals surface area contributed by atoms with Gasteiger partial charge < -0.3 is 10.2 Å². The number of aryl methyl sites for hydroxylation is 4. The fourth-order valence-corrected chi connectivity index (χ4v) is 4.71. The minimum absolute atomic E-state index is 0.0532. The first-order valence-electron chi connectivity index (χ1n) is 13.1. The van der Waals surface area contributed by atoms with Gasteiger partial charge in [0.05, 0.1) is 0 Å². The number of rotatable bonds is 10. The predicted molar refractivity (Wildman–Crippen MR) is 143 cm³/mol. The van der Waals surface area contributed by atoms with E-state index < -0.39 is 0 Å². The molecule has 184 valence electrons. The molecule has 0 saturated carbocycles. The zero-order valence-electron chi connectivity index (χ0n) is 22.6. The minimum Gasteiger partial charge on any atom is -0.507 e. The Bertz CT molecular complexity index is 834. The number of benzene rings is 2. The lowest BCUT2D eigenvalue weighted by molar-refractivity contribution is 0.438. The smallest absolute Gasteiger partial charge is 0.122 e. The Morgan fingerprint density at radius 2 is 0.909 bits per heavy atom. The van der Waals surface area contributed by atoms with Crippen LogP contribution in [0.15, 0.2) is 24.3 Å². The van der Waals surface area contributed by atoms with Gasteiger partial charge in [-0.3, -0.25) is 0 Å². The summed E-state index contributed by atoms with van der Waals surface area (Å²) in [5.41, 5.74) is 6.95. The highest BCUT2D eigenvalue weighted by Crippen LogP contribution is 2.37. The predicted octanol–water partition coefficient (Wildman–Crippen LogP) is 8.55. The van der Waals surface area contributed by atoms with E-state index in [9.17, 15) is 10.2 Å². The highest BCUT2D eigenvalue weighted by molar-refractivity contribution is 5.48. The maximum Gasteiger partial charge on any atom is 0.122 e. The van der Waals surface area contributed by atoms with Gasteiger partial charge in [-0.2, -0.15) is 0 Å². The van der Waals surface area contributed by atoms with E-state index in [1.54, 1.807) is 0 Å². The van der Waals surface area contributed by atoms with Crippen LogP contribution in [0.2, 0.25) is 0 Å². The van der Waals surface area contributed by atoms with Crippen LogP contribution in [0.5, 0.6) is 11.5 Å². The molecule has 2 aromatic rings. The van der Waals surface area contributed by atoms with Crippen LogP contribution >= 0.6 is 0 Å². The molecule has 2 N–H and O–H groups in total. The second kappa shape index (κ2) is 11.4. The summed E-state index contributed by atoms with van der Waals surface area (Å²) in [4.78, 5) is 0. The van der Waals surface area contributed by atoms with E-state index in [1.165, 1.54) is 17.5 Å². The molecule has 2 heteroatoms. The average molecular weight is 453 g/mol. The van der Waals surface area contributed by atoms with Gasteiger partial charge in [0.25, 0.3) is 0 Å². The van der Waals surface area contributed by atoms with Gasteiger partial charge >= 0.3 is 0 Å². The zero-order chi connectivity index (χ0) is 24.8. The van der Waals surface area contributed by atoms with E-state index in [0.717, 1.165) is 73.6 Å². The number of aromatic hydroxyl groups is 2. The Labute approximate surface area is 203 Å². The molecule has 0 heterocycles. The van der Waals surface area contributed by atoms with Crippen LogP contribution in [0, 0.1) is 0 Å². The molecule has 33 heavy (non-hydrogen) atoms. The van der Waals surface area contributed by atoms with E-state index in [-0.39, 0.29) is 10.8 Å². The Kier molecular flexibility index (Phi) is 9.47. The lowest BCUT2D eigenvalue weighted by Gasteiger charge is -2.24. The topological polar surface area (TPSA) is 40.5 Å². The van der Waals surface area contributed by atoms with Crippen LogP contribution in [0.1, 0.15) is 121 Å². The molecule has 0 spiro atoms. The monoisotopic (exact) mass is 452 g/mol. The molecule has 0 atom stereocenters. The highest BCUT2D eigenvalue weighted by Gasteiger charge is 2.22. The molecular formula is C31H48O2. The van der Waals surface area contributed by atoms with Crippen LogP contribution in [-0.2, 0) is 36.5 Å². The lowest BCUT2D eigenvalue weighted by Crippen LogP contribution is -2.13. The highest BCUT2D eigenvalue weighted by atomic mass is 16.3. The molecule has 0 unspecified atom stereocenters. The fraction of sp³-hybridized carbons (Fsp3) is 0.613. The van der Waals surface area contributed by atoms with Crippen molar-refractivity contribution in [2.75, 3.05) is 0 Å². The van der Waals surface area contributed by atoms with E-state index in [1.807, 2.05) is 0 Å². The first kappa shape index (κ1) is 27.3. The summed E-state index contributed by atoms with van der Waals surface area (Å²) in [6.07, 6.45) is 9.57. The number of hydrogen-bond acceptors (Lipinski definition) is 2. The first-order valence-corrected chi connectivity index (χ1v) is 13.1. The fourth-order valence-electron chi connectivity index (χ4n) is 4.71. The second-order valence-electron chi connectivity index (χ2n) is 11.9. The van der Waals surface area contributed by atoms with E-state index in [0.29, 0.717) is 11.5 Å². The van der Waals surface area contributed by atoms with Crippen LogP contribution in [0.4, 0.5) is 0 Å². The summed E-state index contributed by atoms with van der Waals surface area (Å²) in [5.74, 6) is 0.996. The normalized spacial score (nSPS) is 12.4. The van der Waals surface area contributed by atoms with Gasteiger partial charge in [-0.25, -0.2) is 0 Å². The maximum absolute atomic E-state index is 10.8. The summed E-state index contributed by atoms with van der Waals surface area (Å²) in [6, 6.07) is 8.89. The van der Waals surface area contributed by atoms with E-state index >= 15 is 0 Å². The Hall–Kier alpha value is -1.96. The largest absolute Gasteiger partial charge is 0.507 e. The Morgan fingerprint density at radius 3 is 1.21 bits per heavy atom. The molecule has 0 fully saturated rings. The minimum atomic E-state index is -0.0532. The van der Waals surface area contributed by atoms with Crippen LogP contribution in [0.25, 0.3) is 0 Å². The van der Waals surface area contributed by atoms with Crippen molar-refractivity contribution in [2.24, 2.45) is 0 Å². The molecule has 0 aromatic heterocycles. The molecule has 0 bridgehead atoms. The Morgan fingerprint density at radius 1 is 0.545 bits per heavy atom. The summed E-state index contributed by atoms with van der Waals surface area (Å²) in [6.45, 7) is 17.4. The molecule has 0 amide bonds. The van der Waals surface area contributed by atoms with Gasteiger partial charge in [0.2, 0.25) is 0 Å². The quantitative estimate of drug-likeness (QED) is 0.354. The van der Waals surface area contributed by atoms with Crippen molar-refractivity contribution in [2.45, 2.75) is 124 Å². The van der Waals surface area contributed by atoms with Crippen molar-refractivity contribution in [3.8, 4) is 11.5 Å². The number of unbranched alkanes of at least 4 members (excludes halogenated alkanes) is 2. The van der Waals surface area contributed by atoms with Crippen LogP contribution in [-0.4, -0.2) is 10.2 Å². The Balaban J connectivity index is 2.05. The van der Waals surface area contributed by atoms with Crippen molar-refractivity contribution in [1.29, 1.82) is 0 Å². The molecule has 0 aliphatic heterocycles. The number of phenolic OH excluding ortho intramolecular Hbond substituents is 2. The number of hydrogen-bond donors (Lipinski definition) is 2. The van der Waals surface area contributed by atoms with Crippen LogP contribution < -0.4 is 0 Å². The van der Waals surface area contributed by atoms with Crippen LogP contribution in [0.3, 0.4) is 0 Å². The first-order chi connectivity index (χ1) is 15.4.